The Morgan fingerprint density at radius 2 is 1.43 bits per heavy atom. The number of benzene rings is 1. The second kappa shape index (κ2) is 10.1. The fraction of sp³-hybridized carbons (Fsp3) is 0.519. The number of ether oxygens (including phenoxy) is 1. The van der Waals surface area contributed by atoms with Gasteiger partial charge in [-0.3, -0.25) is 14.4 Å². The van der Waals surface area contributed by atoms with E-state index in [1.165, 1.54) is 27.9 Å². The summed E-state index contributed by atoms with van der Waals surface area (Å²) in [4.78, 5) is 39.4. The molecule has 0 saturated carbocycles. The average molecular weight is 489 g/mol. The smallest absolute Gasteiger partial charge is 0.183 e. The highest BCUT2D eigenvalue weighted by Crippen LogP contribution is 2.49. The van der Waals surface area contributed by atoms with Gasteiger partial charge in [-0.2, -0.15) is 0 Å². The highest BCUT2D eigenvalue weighted by Gasteiger charge is 2.48. The number of carbonyl (C=O) groups is 3. The van der Waals surface area contributed by atoms with Crippen molar-refractivity contribution in [2.75, 3.05) is 7.11 Å². The Balaban J connectivity index is 2.74. The number of hydrogen-bond acceptors (Lipinski definition) is 8. The molecule has 0 saturated heterocycles. The molecular weight excluding hydrogens is 452 g/mol. The van der Waals surface area contributed by atoms with Crippen molar-refractivity contribution in [3.63, 3.8) is 0 Å². The number of rotatable bonds is 9. The SMILES string of the molecule is COc1c(C)c(O)c(C[C@@]2(C)C(=O)C(C(=O)CC(C)C)=C(O)C(C)=C2O)c(O)c1C(=O)CC(C)C. The van der Waals surface area contributed by atoms with E-state index in [1.807, 2.05) is 13.8 Å². The summed E-state index contributed by atoms with van der Waals surface area (Å²) in [6.45, 7) is 11.6. The number of phenolic OH excluding ortho intramolecular Hbond substituents is 2. The van der Waals surface area contributed by atoms with Gasteiger partial charge in [-0.1, -0.05) is 27.7 Å². The normalized spacial score (nSPS) is 18.6. The molecule has 1 atom stereocenters. The zero-order chi connectivity index (χ0) is 27.0. The first-order chi connectivity index (χ1) is 16.1. The van der Waals surface area contributed by atoms with Gasteiger partial charge in [0.2, 0.25) is 0 Å². The molecule has 1 aromatic carbocycles. The second-order valence-electron chi connectivity index (χ2n) is 10.3. The van der Waals surface area contributed by atoms with E-state index in [0.29, 0.717) is 0 Å². The van der Waals surface area contributed by atoms with Crippen molar-refractivity contribution in [2.45, 2.75) is 67.7 Å². The number of aromatic hydroxyl groups is 2. The third-order valence-corrected chi connectivity index (χ3v) is 6.41. The number of aliphatic hydroxyl groups excluding tert-OH is 2. The lowest BCUT2D eigenvalue weighted by Gasteiger charge is -2.34. The lowest BCUT2D eigenvalue weighted by atomic mass is 9.69. The number of Topliss-reactive ketones (excluding diaryl/α,β-unsaturated/α-hetero) is 3. The minimum Gasteiger partial charge on any atom is -0.511 e. The summed E-state index contributed by atoms with van der Waals surface area (Å²) in [5.41, 5.74) is -2.31. The van der Waals surface area contributed by atoms with Crippen molar-refractivity contribution in [3.05, 3.63) is 39.4 Å². The molecule has 0 unspecified atom stereocenters. The maximum absolute atomic E-state index is 13.5. The quantitative estimate of drug-likeness (QED) is 0.280. The fourth-order valence-corrected chi connectivity index (χ4v) is 4.50. The molecule has 0 radical (unpaired) electrons. The Kier molecular flexibility index (Phi) is 8.10. The van der Waals surface area contributed by atoms with Crippen LogP contribution in [0.3, 0.4) is 0 Å². The first-order valence-corrected chi connectivity index (χ1v) is 11.7. The van der Waals surface area contributed by atoms with E-state index in [9.17, 15) is 34.8 Å². The van der Waals surface area contributed by atoms with Gasteiger partial charge in [0.25, 0.3) is 0 Å². The molecule has 0 spiro atoms. The minimum absolute atomic E-state index is 0.0149. The van der Waals surface area contributed by atoms with E-state index in [2.05, 4.69) is 0 Å². The number of aliphatic hydroxyl groups is 2. The number of hydrogen-bond donors (Lipinski definition) is 4. The van der Waals surface area contributed by atoms with E-state index in [1.54, 1.807) is 13.8 Å². The largest absolute Gasteiger partial charge is 0.511 e. The monoisotopic (exact) mass is 488 g/mol. The number of phenols is 2. The Morgan fingerprint density at radius 1 is 0.914 bits per heavy atom. The summed E-state index contributed by atoms with van der Waals surface area (Å²) in [5, 5.41) is 43.5. The van der Waals surface area contributed by atoms with Crippen LogP contribution in [-0.2, 0) is 16.0 Å². The average Bonchev–Trinajstić information content (AvgIpc) is 2.75. The molecule has 35 heavy (non-hydrogen) atoms. The predicted octanol–water partition coefficient (Wildman–Crippen LogP) is 5.03. The van der Waals surface area contributed by atoms with Crippen LogP contribution in [0, 0.1) is 24.2 Å². The summed E-state index contributed by atoms with van der Waals surface area (Å²) in [6, 6.07) is 0. The van der Waals surface area contributed by atoms with Crippen LogP contribution in [0.25, 0.3) is 0 Å². The lowest BCUT2D eigenvalue weighted by Crippen LogP contribution is -2.40. The summed E-state index contributed by atoms with van der Waals surface area (Å²) in [6.07, 6.45) is -0.301. The number of methoxy groups -OCH3 is 1. The van der Waals surface area contributed by atoms with E-state index >= 15 is 0 Å². The molecule has 0 bridgehead atoms. The maximum atomic E-state index is 13.5. The summed E-state index contributed by atoms with van der Waals surface area (Å²) in [7, 11) is 1.32. The van der Waals surface area contributed by atoms with Crippen molar-refractivity contribution in [1.82, 2.24) is 0 Å². The first kappa shape index (κ1) is 28.0. The highest BCUT2D eigenvalue weighted by atomic mass is 16.5. The van der Waals surface area contributed by atoms with E-state index in [0.717, 1.165) is 0 Å². The van der Waals surface area contributed by atoms with Gasteiger partial charge < -0.3 is 25.2 Å². The van der Waals surface area contributed by atoms with Gasteiger partial charge in [-0.25, -0.2) is 0 Å². The predicted molar refractivity (Wildman–Crippen MR) is 131 cm³/mol. The molecule has 0 aromatic heterocycles. The molecule has 8 heteroatoms. The minimum atomic E-state index is -1.79. The number of allylic oxidation sites excluding steroid dienone is 3. The van der Waals surface area contributed by atoms with Gasteiger partial charge in [-0.05, 0) is 39.0 Å². The van der Waals surface area contributed by atoms with Gasteiger partial charge in [0, 0.05) is 29.5 Å². The van der Waals surface area contributed by atoms with Crippen LogP contribution in [0.15, 0.2) is 22.7 Å². The molecule has 0 fully saturated rings. The molecule has 1 aromatic rings. The fourth-order valence-electron chi connectivity index (χ4n) is 4.50. The van der Waals surface area contributed by atoms with Crippen LogP contribution in [0.4, 0.5) is 0 Å². The number of ketones is 3. The topological polar surface area (TPSA) is 141 Å². The molecule has 4 N–H and O–H groups in total. The molecule has 8 nitrogen and oxygen atoms in total. The lowest BCUT2D eigenvalue weighted by molar-refractivity contribution is -0.127. The van der Waals surface area contributed by atoms with Gasteiger partial charge in [0.1, 0.15) is 39.9 Å². The van der Waals surface area contributed by atoms with Crippen LogP contribution >= 0.6 is 0 Å². The van der Waals surface area contributed by atoms with Crippen LogP contribution < -0.4 is 4.74 Å². The van der Waals surface area contributed by atoms with Crippen molar-refractivity contribution < 1.29 is 39.5 Å². The molecule has 0 heterocycles. The molecule has 1 aliphatic rings. The van der Waals surface area contributed by atoms with Crippen molar-refractivity contribution in [1.29, 1.82) is 0 Å². The van der Waals surface area contributed by atoms with Crippen LogP contribution in [0.5, 0.6) is 17.2 Å². The van der Waals surface area contributed by atoms with Crippen LogP contribution in [-0.4, -0.2) is 44.9 Å². The Bertz CT molecular complexity index is 1140. The highest BCUT2D eigenvalue weighted by molar-refractivity contribution is 6.24. The van der Waals surface area contributed by atoms with E-state index in [-0.39, 0.29) is 52.7 Å². The number of carbonyl (C=O) groups excluding carboxylic acids is 3. The summed E-state index contributed by atoms with van der Waals surface area (Å²) >= 11 is 0. The standard InChI is InChI=1S/C27H36O8/c1-12(2)9-17(28)19-23(32)16(21(30)14(5)24(19)35-8)11-27(7)25(33)15(6)22(31)20(26(27)34)18(29)10-13(3)4/h12-13,30-33H,9-11H2,1-8H3/t27-/m1/s1. The Hall–Kier alpha value is -3.29. The maximum Gasteiger partial charge on any atom is 0.183 e. The zero-order valence-corrected chi connectivity index (χ0v) is 21.7. The van der Waals surface area contributed by atoms with E-state index in [4.69, 9.17) is 4.74 Å². The van der Waals surface area contributed by atoms with Crippen molar-refractivity contribution >= 4 is 17.3 Å². The second-order valence-corrected chi connectivity index (χ2v) is 10.3. The molecule has 0 aliphatic heterocycles. The van der Waals surface area contributed by atoms with Crippen molar-refractivity contribution in [3.8, 4) is 17.2 Å². The van der Waals surface area contributed by atoms with Gasteiger partial charge in [0.05, 0.1) is 12.5 Å². The van der Waals surface area contributed by atoms with Gasteiger partial charge in [-0.15, -0.1) is 0 Å². The van der Waals surface area contributed by atoms with E-state index < -0.39 is 57.8 Å². The molecule has 0 amide bonds. The Labute approximate surface area is 205 Å². The zero-order valence-electron chi connectivity index (χ0n) is 21.7. The van der Waals surface area contributed by atoms with Gasteiger partial charge >= 0.3 is 0 Å². The third-order valence-electron chi connectivity index (χ3n) is 6.41. The first-order valence-electron chi connectivity index (χ1n) is 11.7. The summed E-state index contributed by atoms with van der Waals surface area (Å²) < 4.78 is 5.32. The van der Waals surface area contributed by atoms with Crippen molar-refractivity contribution in [2.24, 2.45) is 17.3 Å². The summed E-state index contributed by atoms with van der Waals surface area (Å²) in [5.74, 6) is -3.87. The van der Waals surface area contributed by atoms with Crippen LogP contribution in [0.1, 0.15) is 75.9 Å². The Morgan fingerprint density at radius 3 is 1.91 bits per heavy atom. The molecule has 1 aliphatic carbocycles. The van der Waals surface area contributed by atoms with Gasteiger partial charge in [0.15, 0.2) is 17.3 Å². The molecule has 2 rings (SSSR count). The third kappa shape index (κ3) is 4.92. The van der Waals surface area contributed by atoms with Crippen LogP contribution in [0.2, 0.25) is 0 Å². The molecule has 192 valence electrons. The molecular formula is C27H36O8.